The summed E-state index contributed by atoms with van der Waals surface area (Å²) in [5.41, 5.74) is 4.14. The molecule has 0 unspecified atom stereocenters. The van der Waals surface area contributed by atoms with E-state index in [0.717, 1.165) is 16.7 Å². The van der Waals surface area contributed by atoms with Crippen molar-refractivity contribution in [2.75, 3.05) is 0 Å². The molecule has 1 atom stereocenters. The van der Waals surface area contributed by atoms with Gasteiger partial charge in [0, 0.05) is 5.56 Å². The molecule has 2 aromatic rings. The molecule has 0 bridgehead atoms. The van der Waals surface area contributed by atoms with Gasteiger partial charge in [0.25, 0.3) is 0 Å². The van der Waals surface area contributed by atoms with Crippen LogP contribution in [0, 0.1) is 13.8 Å². The second-order valence-corrected chi connectivity index (χ2v) is 7.49. The second-order valence-electron chi connectivity index (χ2n) is 7.49. The van der Waals surface area contributed by atoms with Gasteiger partial charge in [-0.25, -0.2) is 4.79 Å². The van der Waals surface area contributed by atoms with Gasteiger partial charge < -0.3 is 4.74 Å². The molecule has 25 heavy (non-hydrogen) atoms. The van der Waals surface area contributed by atoms with Gasteiger partial charge in [-0.3, -0.25) is 4.79 Å². The predicted molar refractivity (Wildman–Crippen MR) is 100 cm³/mol. The number of carbonyl (C=O) groups excluding carboxylic acids is 2. The summed E-state index contributed by atoms with van der Waals surface area (Å²) in [5.74, 6) is -0.660. The van der Waals surface area contributed by atoms with E-state index in [0.29, 0.717) is 11.1 Å². The summed E-state index contributed by atoms with van der Waals surface area (Å²) in [6.45, 7) is 11.8. The Labute approximate surface area is 150 Å². The Hall–Kier alpha value is -2.42. The summed E-state index contributed by atoms with van der Waals surface area (Å²) in [4.78, 5) is 24.9. The van der Waals surface area contributed by atoms with E-state index in [1.54, 1.807) is 25.1 Å². The number of hydrogen-bond donors (Lipinski definition) is 0. The molecule has 0 amide bonds. The lowest BCUT2D eigenvalue weighted by Crippen LogP contribution is -2.25. The number of aryl methyl sites for hydroxylation is 1. The molecule has 3 heteroatoms. The van der Waals surface area contributed by atoms with Crippen molar-refractivity contribution >= 4 is 11.8 Å². The van der Waals surface area contributed by atoms with Crippen molar-refractivity contribution < 1.29 is 14.3 Å². The average molecular weight is 338 g/mol. The molecule has 132 valence electrons. The smallest absolute Gasteiger partial charge is 0.339 e. The highest BCUT2D eigenvalue weighted by Gasteiger charge is 2.22. The highest BCUT2D eigenvalue weighted by molar-refractivity contribution is 6.01. The zero-order valence-electron chi connectivity index (χ0n) is 15.8. The number of hydrogen-bond acceptors (Lipinski definition) is 3. The Morgan fingerprint density at radius 1 is 0.960 bits per heavy atom. The van der Waals surface area contributed by atoms with E-state index >= 15 is 0 Å². The Bertz CT molecular complexity index is 780. The third kappa shape index (κ3) is 4.36. The van der Waals surface area contributed by atoms with Crippen LogP contribution in [-0.2, 0) is 10.2 Å². The zero-order valence-corrected chi connectivity index (χ0v) is 15.8. The normalized spacial score (nSPS) is 12.6. The Morgan fingerprint density at radius 2 is 1.56 bits per heavy atom. The van der Waals surface area contributed by atoms with Gasteiger partial charge >= 0.3 is 5.97 Å². The molecule has 2 rings (SSSR count). The first-order valence-electron chi connectivity index (χ1n) is 8.53. The van der Waals surface area contributed by atoms with Gasteiger partial charge in [-0.1, -0.05) is 57.2 Å². The van der Waals surface area contributed by atoms with Crippen LogP contribution in [-0.4, -0.2) is 17.9 Å². The largest absolute Gasteiger partial charge is 0.451 e. The van der Waals surface area contributed by atoms with Crippen LogP contribution in [0.25, 0.3) is 0 Å². The maximum atomic E-state index is 12.5. The van der Waals surface area contributed by atoms with Crippen molar-refractivity contribution in [2.24, 2.45) is 0 Å². The lowest BCUT2D eigenvalue weighted by Gasteiger charge is -2.19. The summed E-state index contributed by atoms with van der Waals surface area (Å²) >= 11 is 0. The summed E-state index contributed by atoms with van der Waals surface area (Å²) < 4.78 is 5.40. The minimum Gasteiger partial charge on any atom is -0.451 e. The van der Waals surface area contributed by atoms with Gasteiger partial charge in [-0.05, 0) is 48.9 Å². The number of ether oxygens (including phenoxy) is 1. The van der Waals surface area contributed by atoms with E-state index in [2.05, 4.69) is 20.8 Å². The van der Waals surface area contributed by atoms with Crippen LogP contribution >= 0.6 is 0 Å². The van der Waals surface area contributed by atoms with E-state index in [-0.39, 0.29) is 11.2 Å². The fourth-order valence-corrected chi connectivity index (χ4v) is 2.62. The number of carbonyl (C=O) groups is 2. The predicted octanol–water partition coefficient (Wildman–Crippen LogP) is 5.03. The van der Waals surface area contributed by atoms with Crippen molar-refractivity contribution in [1.82, 2.24) is 0 Å². The third-order valence-corrected chi connectivity index (χ3v) is 4.51. The molecule has 0 radical (unpaired) electrons. The molecule has 0 spiro atoms. The first-order chi connectivity index (χ1) is 11.6. The number of ketones is 1. The van der Waals surface area contributed by atoms with E-state index in [4.69, 9.17) is 4.74 Å². The maximum absolute atomic E-state index is 12.5. The summed E-state index contributed by atoms with van der Waals surface area (Å²) in [6.07, 6.45) is -0.826. The fourth-order valence-electron chi connectivity index (χ4n) is 2.62. The van der Waals surface area contributed by atoms with Gasteiger partial charge in [0.05, 0.1) is 5.56 Å². The molecule has 0 fully saturated rings. The lowest BCUT2D eigenvalue weighted by atomic mass is 9.86. The molecular formula is C22H26O3. The first kappa shape index (κ1) is 18.9. The standard InChI is InChI=1S/C22H26O3/c1-14-8-7-9-19(15(14)2)21(24)25-16(3)20(23)17-10-12-18(13-11-17)22(4,5)6/h7-13,16H,1-6H3/t16-/m1/s1. The molecule has 0 heterocycles. The molecular weight excluding hydrogens is 312 g/mol. The molecule has 0 saturated heterocycles. The Kier molecular flexibility index (Phi) is 5.46. The van der Waals surface area contributed by atoms with Crippen molar-refractivity contribution in [1.29, 1.82) is 0 Å². The Morgan fingerprint density at radius 3 is 2.12 bits per heavy atom. The number of esters is 1. The van der Waals surface area contributed by atoms with Crippen LogP contribution in [0.4, 0.5) is 0 Å². The second kappa shape index (κ2) is 7.22. The molecule has 3 nitrogen and oxygen atoms in total. The first-order valence-corrected chi connectivity index (χ1v) is 8.53. The quantitative estimate of drug-likeness (QED) is 0.580. The molecule has 0 N–H and O–H groups in total. The SMILES string of the molecule is Cc1cccc(C(=O)O[C@H](C)C(=O)c2ccc(C(C)(C)C)cc2)c1C. The van der Waals surface area contributed by atoms with E-state index in [1.165, 1.54) is 0 Å². The highest BCUT2D eigenvalue weighted by atomic mass is 16.5. The maximum Gasteiger partial charge on any atom is 0.339 e. The average Bonchev–Trinajstić information content (AvgIpc) is 2.55. The van der Waals surface area contributed by atoms with Crippen molar-refractivity contribution in [2.45, 2.75) is 53.1 Å². The van der Waals surface area contributed by atoms with Crippen LogP contribution in [0.3, 0.4) is 0 Å². The zero-order chi connectivity index (χ0) is 18.8. The molecule has 0 saturated carbocycles. The van der Waals surface area contributed by atoms with Gasteiger partial charge in [-0.2, -0.15) is 0 Å². The van der Waals surface area contributed by atoms with E-state index in [1.807, 2.05) is 38.1 Å². The minimum absolute atomic E-state index is 0.0301. The van der Waals surface area contributed by atoms with Crippen molar-refractivity contribution in [3.05, 3.63) is 70.3 Å². The lowest BCUT2D eigenvalue weighted by molar-refractivity contribution is 0.0318. The van der Waals surface area contributed by atoms with Crippen LogP contribution in [0.2, 0.25) is 0 Å². The number of benzene rings is 2. The van der Waals surface area contributed by atoms with Crippen molar-refractivity contribution in [3.8, 4) is 0 Å². The van der Waals surface area contributed by atoms with E-state index in [9.17, 15) is 9.59 Å². The minimum atomic E-state index is -0.826. The number of rotatable bonds is 4. The van der Waals surface area contributed by atoms with Gasteiger partial charge in [0.15, 0.2) is 6.10 Å². The van der Waals surface area contributed by atoms with E-state index < -0.39 is 12.1 Å². The Balaban J connectivity index is 2.12. The summed E-state index contributed by atoms with van der Waals surface area (Å²) in [5, 5.41) is 0. The van der Waals surface area contributed by atoms with Crippen LogP contribution in [0.5, 0.6) is 0 Å². The monoisotopic (exact) mass is 338 g/mol. The topological polar surface area (TPSA) is 43.4 Å². The number of Topliss-reactive ketones (excluding diaryl/α,β-unsaturated/α-hetero) is 1. The molecule has 0 aliphatic heterocycles. The summed E-state index contributed by atoms with van der Waals surface area (Å²) in [6, 6.07) is 13.0. The highest BCUT2D eigenvalue weighted by Crippen LogP contribution is 2.23. The van der Waals surface area contributed by atoms with Crippen LogP contribution < -0.4 is 0 Å². The van der Waals surface area contributed by atoms with Crippen LogP contribution in [0.15, 0.2) is 42.5 Å². The summed E-state index contributed by atoms with van der Waals surface area (Å²) in [7, 11) is 0. The molecule has 0 aromatic heterocycles. The molecule has 0 aliphatic carbocycles. The van der Waals surface area contributed by atoms with Crippen molar-refractivity contribution in [3.63, 3.8) is 0 Å². The fraction of sp³-hybridized carbons (Fsp3) is 0.364. The van der Waals surface area contributed by atoms with Gasteiger partial charge in [0.1, 0.15) is 0 Å². The third-order valence-electron chi connectivity index (χ3n) is 4.51. The molecule has 2 aromatic carbocycles. The van der Waals surface area contributed by atoms with Gasteiger partial charge in [-0.15, -0.1) is 0 Å². The van der Waals surface area contributed by atoms with Crippen LogP contribution in [0.1, 0.15) is 65.1 Å². The van der Waals surface area contributed by atoms with Gasteiger partial charge in [0.2, 0.25) is 5.78 Å². The molecule has 0 aliphatic rings.